The number of halogens is 4. The summed E-state index contributed by atoms with van der Waals surface area (Å²) in [7, 11) is 0. The van der Waals surface area contributed by atoms with E-state index in [1.807, 2.05) is 0 Å². The predicted molar refractivity (Wildman–Crippen MR) is 104 cm³/mol. The molecule has 0 aliphatic heterocycles. The van der Waals surface area contributed by atoms with Crippen LogP contribution in [0.3, 0.4) is 0 Å². The van der Waals surface area contributed by atoms with Crippen LogP contribution in [0.4, 0.5) is 36.2 Å². The predicted octanol–water partition coefficient (Wildman–Crippen LogP) is 5.94. The van der Waals surface area contributed by atoms with Crippen molar-refractivity contribution in [3.05, 3.63) is 45.2 Å². The molecule has 1 fully saturated rings. The highest BCUT2D eigenvalue weighted by Crippen LogP contribution is 2.37. The fraction of sp³-hybridized carbons (Fsp3) is 0.444. The number of hydrogen-bond donors (Lipinski definition) is 2. The van der Waals surface area contributed by atoms with Crippen LogP contribution in [0.1, 0.15) is 44.1 Å². The molecule has 1 aromatic heterocycles. The summed E-state index contributed by atoms with van der Waals surface area (Å²) in [6.45, 7) is 0. The topological polar surface area (TPSA) is 93.0 Å². The number of hydrogen-bond acceptors (Lipinski definition) is 6. The minimum atomic E-state index is -4.58. The molecule has 156 valence electrons. The average molecular weight is 430 g/mol. The number of nitrogens with one attached hydrogen (secondary N) is 2. The molecule has 1 saturated carbocycles. The van der Waals surface area contributed by atoms with Crippen molar-refractivity contribution in [2.24, 2.45) is 0 Å². The van der Waals surface area contributed by atoms with Gasteiger partial charge in [-0.15, -0.1) is 0 Å². The largest absolute Gasteiger partial charge is 0.416 e. The number of alkyl halides is 3. The van der Waals surface area contributed by atoms with Crippen LogP contribution in [0.5, 0.6) is 0 Å². The third-order valence-electron chi connectivity index (χ3n) is 4.75. The zero-order valence-corrected chi connectivity index (χ0v) is 16.1. The average Bonchev–Trinajstić information content (AvgIpc) is 2.91. The molecule has 2 aromatic rings. The quantitative estimate of drug-likeness (QED) is 0.347. The normalized spacial score (nSPS) is 15.6. The molecule has 1 aliphatic rings. The highest BCUT2D eigenvalue weighted by molar-refractivity contribution is 6.33. The standard InChI is InChI=1S/C18H19ClF3N5O2/c19-13-8-7-11(18(20,21)22)9-14(13)26-17-15(27(28)29)16(23-10-24-17)25-12-5-3-1-2-4-6-12/h7-10,12H,1-6H2,(H2,23,24,25,26). The Hall–Kier alpha value is -2.62. The molecule has 1 aliphatic carbocycles. The van der Waals surface area contributed by atoms with Gasteiger partial charge in [-0.05, 0) is 31.0 Å². The van der Waals surface area contributed by atoms with Gasteiger partial charge in [0.05, 0.1) is 21.2 Å². The Balaban J connectivity index is 1.93. The second-order valence-electron chi connectivity index (χ2n) is 6.83. The summed E-state index contributed by atoms with van der Waals surface area (Å²) >= 11 is 5.98. The number of nitrogens with zero attached hydrogens (tertiary/aromatic N) is 3. The van der Waals surface area contributed by atoms with Crippen LogP contribution >= 0.6 is 11.6 Å². The van der Waals surface area contributed by atoms with Crippen molar-refractivity contribution in [3.63, 3.8) is 0 Å². The zero-order chi connectivity index (χ0) is 21.0. The third kappa shape index (κ3) is 5.26. The molecular formula is C18H19ClF3N5O2. The van der Waals surface area contributed by atoms with E-state index >= 15 is 0 Å². The number of benzene rings is 1. The number of rotatable bonds is 5. The highest BCUT2D eigenvalue weighted by Gasteiger charge is 2.32. The second kappa shape index (κ2) is 8.81. The smallest absolute Gasteiger partial charge is 0.361 e. The molecular weight excluding hydrogens is 411 g/mol. The van der Waals surface area contributed by atoms with Crippen LogP contribution in [-0.2, 0) is 6.18 Å². The van der Waals surface area contributed by atoms with Crippen molar-refractivity contribution in [1.29, 1.82) is 0 Å². The minimum Gasteiger partial charge on any atom is -0.361 e. The maximum Gasteiger partial charge on any atom is 0.416 e. The number of aromatic nitrogens is 2. The maximum atomic E-state index is 13.0. The van der Waals surface area contributed by atoms with E-state index in [-0.39, 0.29) is 28.4 Å². The van der Waals surface area contributed by atoms with Gasteiger partial charge in [-0.2, -0.15) is 13.2 Å². The molecule has 0 spiro atoms. The van der Waals surface area contributed by atoms with Crippen molar-refractivity contribution < 1.29 is 18.1 Å². The fourth-order valence-corrected chi connectivity index (χ4v) is 3.46. The van der Waals surface area contributed by atoms with Crippen molar-refractivity contribution >= 4 is 34.6 Å². The first-order chi connectivity index (χ1) is 13.8. The molecule has 7 nitrogen and oxygen atoms in total. The van der Waals surface area contributed by atoms with E-state index < -0.39 is 22.4 Å². The monoisotopic (exact) mass is 429 g/mol. The Bertz CT molecular complexity index is 886. The lowest BCUT2D eigenvalue weighted by molar-refractivity contribution is -0.383. The van der Waals surface area contributed by atoms with Crippen LogP contribution in [-0.4, -0.2) is 20.9 Å². The summed E-state index contributed by atoms with van der Waals surface area (Å²) in [4.78, 5) is 18.9. The van der Waals surface area contributed by atoms with E-state index in [0.29, 0.717) is 0 Å². The SMILES string of the molecule is O=[N+]([O-])c1c(Nc2cc(C(F)(F)F)ccc2Cl)ncnc1NC1CCCCCC1. The molecule has 0 unspecified atom stereocenters. The molecule has 0 amide bonds. The van der Waals surface area contributed by atoms with Gasteiger partial charge in [-0.25, -0.2) is 9.97 Å². The first-order valence-corrected chi connectivity index (χ1v) is 9.53. The maximum absolute atomic E-state index is 13.0. The molecule has 0 saturated heterocycles. The van der Waals surface area contributed by atoms with Gasteiger partial charge in [0, 0.05) is 6.04 Å². The Morgan fingerprint density at radius 2 is 1.76 bits per heavy atom. The van der Waals surface area contributed by atoms with Crippen molar-refractivity contribution in [1.82, 2.24) is 9.97 Å². The molecule has 1 heterocycles. The van der Waals surface area contributed by atoms with Crippen molar-refractivity contribution in [2.45, 2.75) is 50.7 Å². The summed E-state index contributed by atoms with van der Waals surface area (Å²) in [5, 5.41) is 17.3. The van der Waals surface area contributed by atoms with Crippen LogP contribution in [0.25, 0.3) is 0 Å². The molecule has 1 aromatic carbocycles. The van der Waals surface area contributed by atoms with Crippen molar-refractivity contribution in [2.75, 3.05) is 10.6 Å². The van der Waals surface area contributed by atoms with Crippen LogP contribution in [0.2, 0.25) is 5.02 Å². The first-order valence-electron chi connectivity index (χ1n) is 9.15. The van der Waals surface area contributed by atoms with E-state index in [0.717, 1.165) is 63.1 Å². The molecule has 11 heteroatoms. The van der Waals surface area contributed by atoms with Gasteiger partial charge >= 0.3 is 11.9 Å². The second-order valence-corrected chi connectivity index (χ2v) is 7.23. The summed E-state index contributed by atoms with van der Waals surface area (Å²) in [5.41, 5.74) is -1.51. The number of anilines is 3. The first kappa shape index (κ1) is 21.1. The summed E-state index contributed by atoms with van der Waals surface area (Å²) in [6.07, 6.45) is 2.53. The van der Waals surface area contributed by atoms with Gasteiger partial charge in [-0.1, -0.05) is 37.3 Å². The van der Waals surface area contributed by atoms with Gasteiger partial charge in [-0.3, -0.25) is 10.1 Å². The van der Waals surface area contributed by atoms with Crippen LogP contribution in [0.15, 0.2) is 24.5 Å². The van der Waals surface area contributed by atoms with Crippen molar-refractivity contribution in [3.8, 4) is 0 Å². The van der Waals surface area contributed by atoms with Gasteiger partial charge in [0.1, 0.15) is 6.33 Å². The number of nitro groups is 1. The summed E-state index contributed by atoms with van der Waals surface area (Å²) < 4.78 is 39.0. The Morgan fingerprint density at radius 3 is 2.38 bits per heavy atom. The zero-order valence-electron chi connectivity index (χ0n) is 15.3. The van der Waals surface area contributed by atoms with E-state index in [4.69, 9.17) is 11.6 Å². The lowest BCUT2D eigenvalue weighted by Gasteiger charge is -2.17. The lowest BCUT2D eigenvalue weighted by atomic mass is 10.1. The Morgan fingerprint density at radius 1 is 1.10 bits per heavy atom. The fourth-order valence-electron chi connectivity index (χ4n) is 3.29. The highest BCUT2D eigenvalue weighted by atomic mass is 35.5. The summed E-state index contributed by atoms with van der Waals surface area (Å²) in [6, 6.07) is 2.73. The van der Waals surface area contributed by atoms with Gasteiger partial charge in [0.2, 0.25) is 11.6 Å². The molecule has 0 atom stereocenters. The van der Waals surface area contributed by atoms with E-state index in [2.05, 4.69) is 20.6 Å². The Kier molecular flexibility index (Phi) is 6.41. The summed E-state index contributed by atoms with van der Waals surface area (Å²) in [5.74, 6) is -0.204. The lowest BCUT2D eigenvalue weighted by Crippen LogP contribution is -2.20. The van der Waals surface area contributed by atoms with Crippen LogP contribution in [0, 0.1) is 10.1 Å². The molecule has 29 heavy (non-hydrogen) atoms. The van der Waals surface area contributed by atoms with E-state index in [1.165, 1.54) is 0 Å². The van der Waals surface area contributed by atoms with E-state index in [9.17, 15) is 23.3 Å². The Labute approximate surface area is 169 Å². The molecule has 0 radical (unpaired) electrons. The van der Waals surface area contributed by atoms with Gasteiger partial charge in [0.25, 0.3) is 0 Å². The van der Waals surface area contributed by atoms with Crippen LogP contribution < -0.4 is 10.6 Å². The third-order valence-corrected chi connectivity index (χ3v) is 5.08. The molecule has 0 bridgehead atoms. The van der Waals surface area contributed by atoms with Gasteiger partial charge < -0.3 is 10.6 Å². The van der Waals surface area contributed by atoms with Gasteiger partial charge in [0.15, 0.2) is 0 Å². The minimum absolute atomic E-state index is 0.0239. The van der Waals surface area contributed by atoms with E-state index in [1.54, 1.807) is 0 Å². The molecule has 2 N–H and O–H groups in total. The molecule has 3 rings (SSSR count).